The second-order valence-electron chi connectivity index (χ2n) is 7.03. The molecule has 0 saturated heterocycles. The van der Waals surface area contributed by atoms with Crippen LogP contribution < -0.4 is 0 Å². The van der Waals surface area contributed by atoms with Crippen molar-refractivity contribution >= 4 is 44.2 Å². The second kappa shape index (κ2) is 7.08. The summed E-state index contributed by atoms with van der Waals surface area (Å²) < 4.78 is 0.896. The SMILES string of the molecule is CCCN1C(=O)c2cccc3c(-c4ccc(Br)c(C)c4)c([N+](=O)[O-])cc(c23)C1=O. The van der Waals surface area contributed by atoms with Gasteiger partial charge in [-0.2, -0.15) is 0 Å². The van der Waals surface area contributed by atoms with Crippen LogP contribution >= 0.6 is 15.9 Å². The molecule has 3 aromatic carbocycles. The van der Waals surface area contributed by atoms with Crippen molar-refractivity contribution in [3.63, 3.8) is 0 Å². The van der Waals surface area contributed by atoms with Gasteiger partial charge in [0.2, 0.25) is 0 Å². The van der Waals surface area contributed by atoms with Crippen LogP contribution in [0.2, 0.25) is 0 Å². The van der Waals surface area contributed by atoms with E-state index in [-0.39, 0.29) is 23.7 Å². The molecule has 0 fully saturated rings. The Morgan fingerprint density at radius 1 is 1.07 bits per heavy atom. The average Bonchev–Trinajstić information content (AvgIpc) is 2.70. The highest BCUT2D eigenvalue weighted by Gasteiger charge is 2.35. The Balaban J connectivity index is 2.12. The van der Waals surface area contributed by atoms with Gasteiger partial charge in [0, 0.05) is 28.0 Å². The number of carbonyl (C=O) groups excluding carboxylic acids is 2. The van der Waals surface area contributed by atoms with E-state index < -0.39 is 10.8 Å². The lowest BCUT2D eigenvalue weighted by molar-refractivity contribution is -0.384. The Bertz CT molecular complexity index is 1220. The molecular weight excluding hydrogens is 436 g/mol. The molecule has 0 unspecified atom stereocenters. The number of nitro benzene ring substituents is 1. The van der Waals surface area contributed by atoms with Crippen LogP contribution in [0.15, 0.2) is 46.9 Å². The summed E-state index contributed by atoms with van der Waals surface area (Å²) in [5.74, 6) is -0.844. The molecule has 2 amide bonds. The Morgan fingerprint density at radius 3 is 2.45 bits per heavy atom. The molecule has 1 heterocycles. The lowest BCUT2D eigenvalue weighted by Crippen LogP contribution is -2.40. The number of nitro groups is 1. The number of nitrogens with zero attached hydrogens (tertiary/aromatic N) is 2. The summed E-state index contributed by atoms with van der Waals surface area (Å²) >= 11 is 3.45. The van der Waals surface area contributed by atoms with Crippen molar-refractivity contribution in [2.45, 2.75) is 20.3 Å². The zero-order valence-electron chi connectivity index (χ0n) is 15.9. The van der Waals surface area contributed by atoms with Crippen molar-refractivity contribution in [2.75, 3.05) is 6.54 Å². The summed E-state index contributed by atoms with van der Waals surface area (Å²) in [6.45, 7) is 4.05. The van der Waals surface area contributed by atoms with E-state index in [1.54, 1.807) is 24.3 Å². The Morgan fingerprint density at radius 2 is 1.79 bits per heavy atom. The number of halogens is 1. The smallest absolute Gasteiger partial charge is 0.274 e. The third-order valence-electron chi connectivity index (χ3n) is 5.18. The molecule has 0 spiro atoms. The lowest BCUT2D eigenvalue weighted by Gasteiger charge is -2.27. The minimum Gasteiger partial charge on any atom is -0.274 e. The third kappa shape index (κ3) is 2.93. The number of carbonyl (C=O) groups is 2. The number of hydrogen-bond donors (Lipinski definition) is 0. The minimum absolute atomic E-state index is 0.148. The first-order chi connectivity index (χ1) is 13.8. The average molecular weight is 453 g/mol. The van der Waals surface area contributed by atoms with E-state index in [1.807, 2.05) is 26.0 Å². The Labute approximate surface area is 175 Å². The van der Waals surface area contributed by atoms with Crippen LogP contribution in [0.5, 0.6) is 0 Å². The number of imide groups is 1. The summed E-state index contributed by atoms with van der Waals surface area (Å²) in [6, 6.07) is 11.9. The van der Waals surface area contributed by atoms with Crippen molar-refractivity contribution in [2.24, 2.45) is 0 Å². The highest BCUT2D eigenvalue weighted by Crippen LogP contribution is 2.43. The van der Waals surface area contributed by atoms with Crippen molar-refractivity contribution < 1.29 is 14.5 Å². The van der Waals surface area contributed by atoms with Gasteiger partial charge in [-0.05, 0) is 42.0 Å². The van der Waals surface area contributed by atoms with Gasteiger partial charge in [0.25, 0.3) is 17.5 Å². The monoisotopic (exact) mass is 452 g/mol. The van der Waals surface area contributed by atoms with Gasteiger partial charge in [0.1, 0.15) is 0 Å². The third-order valence-corrected chi connectivity index (χ3v) is 6.07. The fourth-order valence-electron chi connectivity index (χ4n) is 3.87. The van der Waals surface area contributed by atoms with Crippen molar-refractivity contribution in [1.82, 2.24) is 4.90 Å². The van der Waals surface area contributed by atoms with E-state index in [9.17, 15) is 19.7 Å². The lowest BCUT2D eigenvalue weighted by atomic mass is 9.87. The van der Waals surface area contributed by atoms with Crippen molar-refractivity contribution in [3.05, 3.63) is 73.7 Å². The van der Waals surface area contributed by atoms with Gasteiger partial charge in [-0.25, -0.2) is 0 Å². The second-order valence-corrected chi connectivity index (χ2v) is 7.88. The molecule has 0 aromatic heterocycles. The summed E-state index contributed by atoms with van der Waals surface area (Å²) in [5.41, 5.74) is 2.46. The van der Waals surface area contributed by atoms with Crippen molar-refractivity contribution in [3.8, 4) is 11.1 Å². The van der Waals surface area contributed by atoms with Gasteiger partial charge in [0.05, 0.1) is 16.1 Å². The summed E-state index contributed by atoms with van der Waals surface area (Å²) in [6.07, 6.45) is 0.612. The highest BCUT2D eigenvalue weighted by atomic mass is 79.9. The number of hydrogen-bond acceptors (Lipinski definition) is 4. The van der Waals surface area contributed by atoms with Crippen LogP contribution in [-0.4, -0.2) is 28.2 Å². The Kier molecular flexibility index (Phi) is 4.70. The molecule has 29 heavy (non-hydrogen) atoms. The largest absolute Gasteiger partial charge is 0.278 e. The zero-order chi connectivity index (χ0) is 20.9. The number of amides is 2. The molecule has 7 heteroatoms. The zero-order valence-corrected chi connectivity index (χ0v) is 17.4. The Hall–Kier alpha value is -3.06. The van der Waals surface area contributed by atoms with Crippen LogP contribution in [0.4, 0.5) is 5.69 Å². The fourth-order valence-corrected chi connectivity index (χ4v) is 4.12. The fraction of sp³-hybridized carbons (Fsp3) is 0.182. The first-order valence-corrected chi connectivity index (χ1v) is 10.0. The first-order valence-electron chi connectivity index (χ1n) is 9.22. The van der Waals surface area contributed by atoms with Crippen LogP contribution in [0.3, 0.4) is 0 Å². The van der Waals surface area contributed by atoms with E-state index >= 15 is 0 Å². The standard InChI is InChI=1S/C22H17BrN2O4/c1-3-9-24-21(26)15-6-4-5-14-19(13-7-8-17(23)12(2)10-13)18(25(28)29)11-16(20(14)15)22(24)27/h4-8,10-11H,3,9H2,1-2H3. The summed E-state index contributed by atoms with van der Waals surface area (Å²) in [7, 11) is 0. The van der Waals surface area contributed by atoms with Gasteiger partial charge < -0.3 is 0 Å². The maximum absolute atomic E-state index is 13.0. The highest BCUT2D eigenvalue weighted by molar-refractivity contribution is 9.10. The van der Waals surface area contributed by atoms with E-state index in [2.05, 4.69) is 15.9 Å². The van der Waals surface area contributed by atoms with Crippen LogP contribution in [0, 0.1) is 17.0 Å². The summed E-state index contributed by atoms with van der Waals surface area (Å²) in [4.78, 5) is 38.6. The molecule has 1 aliphatic rings. The maximum atomic E-state index is 13.0. The van der Waals surface area contributed by atoms with Gasteiger partial charge >= 0.3 is 0 Å². The summed E-state index contributed by atoms with van der Waals surface area (Å²) in [5, 5.41) is 13.0. The molecule has 0 N–H and O–H groups in total. The molecule has 0 radical (unpaired) electrons. The van der Waals surface area contributed by atoms with E-state index in [1.165, 1.54) is 11.0 Å². The molecule has 1 aliphatic heterocycles. The van der Waals surface area contributed by atoms with Gasteiger partial charge in [0.15, 0.2) is 0 Å². The van der Waals surface area contributed by atoms with Gasteiger partial charge in [-0.3, -0.25) is 24.6 Å². The van der Waals surface area contributed by atoms with E-state index in [0.29, 0.717) is 33.9 Å². The molecule has 0 bridgehead atoms. The normalized spacial score (nSPS) is 13.3. The molecule has 6 nitrogen and oxygen atoms in total. The molecular formula is C22H17BrN2O4. The first kappa shape index (κ1) is 19.3. The maximum Gasteiger partial charge on any atom is 0.278 e. The minimum atomic E-state index is -0.484. The number of aryl methyl sites for hydroxylation is 1. The van der Waals surface area contributed by atoms with Crippen LogP contribution in [0.25, 0.3) is 21.9 Å². The van der Waals surface area contributed by atoms with Crippen molar-refractivity contribution in [1.29, 1.82) is 0 Å². The van der Waals surface area contributed by atoms with E-state index in [4.69, 9.17) is 0 Å². The number of rotatable bonds is 4. The molecule has 4 rings (SSSR count). The molecule has 0 atom stereocenters. The molecule has 0 aliphatic carbocycles. The predicted octanol–water partition coefficient (Wildman–Crippen LogP) is 5.49. The molecule has 3 aromatic rings. The predicted molar refractivity (Wildman–Crippen MR) is 114 cm³/mol. The van der Waals surface area contributed by atoms with Crippen LogP contribution in [-0.2, 0) is 0 Å². The van der Waals surface area contributed by atoms with Gasteiger partial charge in [-0.1, -0.05) is 47.1 Å². The van der Waals surface area contributed by atoms with Gasteiger partial charge in [-0.15, -0.1) is 0 Å². The van der Waals surface area contributed by atoms with E-state index in [0.717, 1.165) is 10.0 Å². The quantitative estimate of drug-likeness (QED) is 0.297. The molecule has 0 saturated carbocycles. The molecule has 146 valence electrons. The number of benzene rings is 3. The van der Waals surface area contributed by atoms with Crippen LogP contribution in [0.1, 0.15) is 39.6 Å². The topological polar surface area (TPSA) is 80.5 Å².